The van der Waals surface area contributed by atoms with Gasteiger partial charge in [0, 0.05) is 28.6 Å². The van der Waals surface area contributed by atoms with Crippen molar-refractivity contribution in [2.75, 3.05) is 16.9 Å². The summed E-state index contributed by atoms with van der Waals surface area (Å²) in [4.78, 5) is 12.0. The van der Waals surface area contributed by atoms with Crippen LogP contribution in [-0.4, -0.2) is 44.0 Å². The number of nitrogens with one attached hydrogen (secondary N) is 1. The number of halogens is 1. The van der Waals surface area contributed by atoms with E-state index in [0.717, 1.165) is 12.1 Å². The zero-order valence-electron chi connectivity index (χ0n) is 15.2. The molecule has 0 saturated carbocycles. The third-order valence-corrected chi connectivity index (χ3v) is 7.22. The Morgan fingerprint density at radius 1 is 0.967 bits per heavy atom. The fourth-order valence-corrected chi connectivity index (χ4v) is 4.98. The second-order valence-electron chi connectivity index (χ2n) is 6.34. The normalized spacial score (nSPS) is 12.1. The van der Waals surface area contributed by atoms with E-state index in [1.807, 2.05) is 0 Å². The smallest absolute Gasteiger partial charge is 0.294 e. The molecule has 0 unspecified atom stereocenters. The molecule has 30 heavy (non-hydrogen) atoms. The maximum atomic E-state index is 12.6. The second kappa shape index (κ2) is 8.23. The van der Waals surface area contributed by atoms with E-state index < -0.39 is 30.8 Å². The summed E-state index contributed by atoms with van der Waals surface area (Å²) in [5.74, 6) is -1.28. The molecule has 0 fully saturated rings. The van der Waals surface area contributed by atoms with Crippen LogP contribution in [0.1, 0.15) is 10.4 Å². The van der Waals surface area contributed by atoms with Crippen LogP contribution in [0.15, 0.2) is 64.4 Å². The van der Waals surface area contributed by atoms with Gasteiger partial charge in [-0.1, -0.05) is 6.07 Å². The summed E-state index contributed by atoms with van der Waals surface area (Å²) in [5.41, 5.74) is 0.369. The Balaban J connectivity index is 1.94. The van der Waals surface area contributed by atoms with Crippen LogP contribution < -0.4 is 5.32 Å². The third-order valence-electron chi connectivity index (χ3n) is 4.26. The highest BCUT2D eigenvalue weighted by atomic mass is 35.5. The molecular formula is C19H16ClNO7S2. The largest absolute Gasteiger partial charge is 0.507 e. The first-order valence-corrected chi connectivity index (χ1v) is 12.1. The van der Waals surface area contributed by atoms with Gasteiger partial charge in [-0.15, -0.1) is 11.6 Å². The van der Waals surface area contributed by atoms with E-state index in [4.69, 9.17) is 11.6 Å². The SMILES string of the molecule is O=C(Nc1ccc2c(O)cc(S(=O)(=O)O)cc2c1)c1cccc(S(=O)(=O)CCCl)c1. The number of anilines is 1. The Morgan fingerprint density at radius 2 is 1.70 bits per heavy atom. The number of hydrogen-bond donors (Lipinski definition) is 3. The van der Waals surface area contributed by atoms with E-state index in [2.05, 4.69) is 5.32 Å². The number of hydrogen-bond acceptors (Lipinski definition) is 6. The standard InChI is InChI=1S/C19H16ClNO7S2/c20-6-7-29(24,25)15-3-1-2-12(9-15)19(23)21-14-4-5-17-13(8-14)10-16(11-18(17)22)30(26,27)28/h1-5,8-11,22H,6-7H2,(H,21,23)(H,26,27,28). The zero-order valence-corrected chi connectivity index (χ0v) is 17.6. The molecule has 3 aromatic rings. The maximum Gasteiger partial charge on any atom is 0.294 e. The zero-order chi connectivity index (χ0) is 22.1. The molecule has 0 saturated heterocycles. The maximum absolute atomic E-state index is 12.6. The predicted molar refractivity (Wildman–Crippen MR) is 113 cm³/mol. The minimum atomic E-state index is -4.53. The molecule has 0 bridgehead atoms. The molecule has 3 aromatic carbocycles. The minimum absolute atomic E-state index is 0.0305. The van der Waals surface area contributed by atoms with Crippen molar-refractivity contribution in [2.45, 2.75) is 9.79 Å². The van der Waals surface area contributed by atoms with Crippen LogP contribution in [-0.2, 0) is 20.0 Å². The highest BCUT2D eigenvalue weighted by Crippen LogP contribution is 2.30. The summed E-state index contributed by atoms with van der Waals surface area (Å²) in [5, 5.41) is 13.1. The minimum Gasteiger partial charge on any atom is -0.507 e. The van der Waals surface area contributed by atoms with Gasteiger partial charge in [-0.2, -0.15) is 8.42 Å². The molecule has 3 rings (SSSR count). The van der Waals surface area contributed by atoms with Crippen molar-refractivity contribution in [1.29, 1.82) is 0 Å². The molecule has 0 aromatic heterocycles. The van der Waals surface area contributed by atoms with Gasteiger partial charge in [0.1, 0.15) is 5.75 Å². The molecule has 0 aliphatic carbocycles. The Morgan fingerprint density at radius 3 is 2.37 bits per heavy atom. The number of amides is 1. The van der Waals surface area contributed by atoms with E-state index >= 15 is 0 Å². The summed E-state index contributed by atoms with van der Waals surface area (Å²) in [6.45, 7) is 0. The number of benzene rings is 3. The van der Waals surface area contributed by atoms with Crippen LogP contribution in [0.2, 0.25) is 0 Å². The van der Waals surface area contributed by atoms with Gasteiger partial charge in [0.05, 0.1) is 15.5 Å². The van der Waals surface area contributed by atoms with Crippen LogP contribution in [0, 0.1) is 0 Å². The van der Waals surface area contributed by atoms with Crippen molar-refractivity contribution < 1.29 is 31.3 Å². The Hall–Kier alpha value is -2.66. The summed E-state index contributed by atoms with van der Waals surface area (Å²) in [7, 11) is -8.14. The first-order chi connectivity index (χ1) is 14.0. The first-order valence-electron chi connectivity index (χ1n) is 8.46. The lowest BCUT2D eigenvalue weighted by Gasteiger charge is -2.10. The van der Waals surface area contributed by atoms with Gasteiger partial charge in [0.25, 0.3) is 16.0 Å². The molecule has 1 amide bonds. The predicted octanol–water partition coefficient (Wildman–Crippen LogP) is 3.06. The number of phenolic OH excluding ortho intramolecular Hbond substituents is 1. The Kier molecular flexibility index (Phi) is 6.04. The summed E-state index contributed by atoms with van der Waals surface area (Å²) >= 11 is 5.51. The van der Waals surface area contributed by atoms with E-state index in [9.17, 15) is 31.3 Å². The van der Waals surface area contributed by atoms with Crippen LogP contribution in [0.5, 0.6) is 5.75 Å². The van der Waals surface area contributed by atoms with Crippen molar-refractivity contribution in [1.82, 2.24) is 0 Å². The lowest BCUT2D eigenvalue weighted by Crippen LogP contribution is -2.14. The number of fused-ring (bicyclic) bond motifs is 1. The fourth-order valence-electron chi connectivity index (χ4n) is 2.80. The van der Waals surface area contributed by atoms with Crippen molar-refractivity contribution in [3.8, 4) is 5.75 Å². The monoisotopic (exact) mass is 469 g/mol. The molecule has 11 heteroatoms. The summed E-state index contributed by atoms with van der Waals surface area (Å²) < 4.78 is 56.2. The molecule has 0 atom stereocenters. The van der Waals surface area contributed by atoms with Crippen LogP contribution in [0.25, 0.3) is 10.8 Å². The van der Waals surface area contributed by atoms with Crippen molar-refractivity contribution >= 4 is 53.9 Å². The van der Waals surface area contributed by atoms with Crippen molar-refractivity contribution in [2.24, 2.45) is 0 Å². The Bertz CT molecular complexity index is 1350. The third kappa shape index (κ3) is 4.73. The molecule has 8 nitrogen and oxygen atoms in total. The van der Waals surface area contributed by atoms with Gasteiger partial charge in [0.15, 0.2) is 9.84 Å². The molecular weight excluding hydrogens is 454 g/mol. The highest BCUT2D eigenvalue weighted by Gasteiger charge is 2.17. The molecule has 0 spiro atoms. The Labute approximate surface area is 177 Å². The number of phenols is 1. The first kappa shape index (κ1) is 22.0. The molecule has 158 valence electrons. The van der Waals surface area contributed by atoms with Crippen LogP contribution in [0.3, 0.4) is 0 Å². The number of rotatable bonds is 6. The average molecular weight is 470 g/mol. The molecule has 0 aliphatic heterocycles. The average Bonchev–Trinajstić information content (AvgIpc) is 2.67. The lowest BCUT2D eigenvalue weighted by molar-refractivity contribution is 0.102. The number of alkyl halides is 1. The van der Waals surface area contributed by atoms with Gasteiger partial charge < -0.3 is 10.4 Å². The van der Waals surface area contributed by atoms with E-state index in [-0.39, 0.29) is 38.9 Å². The fraction of sp³-hybridized carbons (Fsp3) is 0.105. The van der Waals surface area contributed by atoms with Crippen molar-refractivity contribution in [3.05, 3.63) is 60.2 Å². The topological polar surface area (TPSA) is 138 Å². The van der Waals surface area contributed by atoms with Crippen LogP contribution >= 0.6 is 11.6 Å². The lowest BCUT2D eigenvalue weighted by atomic mass is 10.1. The molecule has 0 aliphatic rings. The van der Waals surface area contributed by atoms with Gasteiger partial charge in [0.2, 0.25) is 0 Å². The van der Waals surface area contributed by atoms with Gasteiger partial charge >= 0.3 is 0 Å². The number of aromatic hydroxyl groups is 1. The van der Waals surface area contributed by atoms with Crippen molar-refractivity contribution in [3.63, 3.8) is 0 Å². The molecule has 0 radical (unpaired) electrons. The number of carbonyl (C=O) groups excluding carboxylic acids is 1. The summed E-state index contributed by atoms with van der Waals surface area (Å²) in [6.07, 6.45) is 0. The van der Waals surface area contributed by atoms with E-state index in [1.54, 1.807) is 0 Å². The highest BCUT2D eigenvalue weighted by molar-refractivity contribution is 7.91. The van der Waals surface area contributed by atoms with Crippen LogP contribution in [0.4, 0.5) is 5.69 Å². The van der Waals surface area contributed by atoms with E-state index in [0.29, 0.717) is 5.39 Å². The number of carbonyl (C=O) groups is 1. The van der Waals surface area contributed by atoms with E-state index in [1.165, 1.54) is 42.5 Å². The van der Waals surface area contributed by atoms with Gasteiger partial charge in [-0.25, -0.2) is 8.42 Å². The summed E-state index contributed by atoms with van der Waals surface area (Å²) in [6, 6.07) is 11.9. The second-order valence-corrected chi connectivity index (χ2v) is 10.3. The van der Waals surface area contributed by atoms with Gasteiger partial charge in [-0.05, 0) is 47.9 Å². The molecule has 3 N–H and O–H groups in total. The quantitative estimate of drug-likeness (QED) is 0.372. The van der Waals surface area contributed by atoms with Gasteiger partial charge in [-0.3, -0.25) is 9.35 Å². The number of sulfone groups is 1. The molecule has 0 heterocycles.